The Balaban J connectivity index is 2.58. The van der Waals surface area contributed by atoms with E-state index >= 15 is 0 Å². The molecule has 0 saturated heterocycles. The SMILES string of the molecule is CCOCCS(=O)(=O)NC(C)c1ccc(N)cc1. The molecule has 0 aromatic heterocycles. The molecule has 0 aliphatic carbocycles. The van der Waals surface area contributed by atoms with Crippen molar-refractivity contribution in [2.75, 3.05) is 24.7 Å². The molecule has 1 aromatic rings. The molecule has 5 nitrogen and oxygen atoms in total. The lowest BCUT2D eigenvalue weighted by Gasteiger charge is -2.14. The summed E-state index contributed by atoms with van der Waals surface area (Å²) in [5.74, 6) is -0.0276. The second-order valence-corrected chi connectivity index (χ2v) is 5.90. The van der Waals surface area contributed by atoms with Gasteiger partial charge in [-0.05, 0) is 31.5 Å². The molecule has 1 aromatic carbocycles. The van der Waals surface area contributed by atoms with E-state index in [-0.39, 0.29) is 18.4 Å². The van der Waals surface area contributed by atoms with Crippen molar-refractivity contribution in [2.45, 2.75) is 19.9 Å². The van der Waals surface area contributed by atoms with Gasteiger partial charge >= 0.3 is 0 Å². The molecule has 0 amide bonds. The number of nitrogens with two attached hydrogens (primary N) is 1. The number of ether oxygens (including phenoxy) is 1. The fourth-order valence-corrected chi connectivity index (χ4v) is 2.62. The molecular weight excluding hydrogens is 252 g/mol. The normalized spacial score (nSPS) is 13.4. The fourth-order valence-electron chi connectivity index (χ4n) is 1.49. The summed E-state index contributed by atoms with van der Waals surface area (Å²) >= 11 is 0. The molecule has 6 heteroatoms. The monoisotopic (exact) mass is 272 g/mol. The molecule has 0 saturated carbocycles. The molecule has 1 rings (SSSR count). The van der Waals surface area contributed by atoms with Crippen molar-refractivity contribution in [2.24, 2.45) is 0 Å². The van der Waals surface area contributed by atoms with E-state index < -0.39 is 10.0 Å². The largest absolute Gasteiger partial charge is 0.399 e. The summed E-state index contributed by atoms with van der Waals surface area (Å²) in [6.07, 6.45) is 0. The Kier molecular flexibility index (Phi) is 5.58. The van der Waals surface area contributed by atoms with Gasteiger partial charge in [-0.1, -0.05) is 12.1 Å². The summed E-state index contributed by atoms with van der Waals surface area (Å²) in [6.45, 7) is 4.35. The third-order valence-corrected chi connectivity index (χ3v) is 3.91. The van der Waals surface area contributed by atoms with Gasteiger partial charge in [-0.2, -0.15) is 0 Å². The van der Waals surface area contributed by atoms with Gasteiger partial charge in [0.2, 0.25) is 10.0 Å². The van der Waals surface area contributed by atoms with Crippen LogP contribution in [0.1, 0.15) is 25.5 Å². The second-order valence-electron chi connectivity index (χ2n) is 4.02. The molecular formula is C12H20N2O3S. The van der Waals surface area contributed by atoms with Crippen LogP contribution in [0.15, 0.2) is 24.3 Å². The number of anilines is 1. The highest BCUT2D eigenvalue weighted by Crippen LogP contribution is 2.15. The van der Waals surface area contributed by atoms with Gasteiger partial charge in [-0.25, -0.2) is 13.1 Å². The molecule has 0 fully saturated rings. The Labute approximate surface area is 108 Å². The van der Waals surface area contributed by atoms with Crippen LogP contribution in [-0.4, -0.2) is 27.4 Å². The third kappa shape index (κ3) is 5.03. The first kappa shape index (κ1) is 14.9. The minimum absolute atomic E-state index is 0.0276. The lowest BCUT2D eigenvalue weighted by atomic mass is 10.1. The summed E-state index contributed by atoms with van der Waals surface area (Å²) in [6, 6.07) is 6.84. The van der Waals surface area contributed by atoms with Crippen molar-refractivity contribution in [1.29, 1.82) is 0 Å². The summed E-state index contributed by atoms with van der Waals surface area (Å²) in [5.41, 5.74) is 7.12. The van der Waals surface area contributed by atoms with Crippen molar-refractivity contribution < 1.29 is 13.2 Å². The Morgan fingerprint density at radius 1 is 1.33 bits per heavy atom. The molecule has 0 radical (unpaired) electrons. The topological polar surface area (TPSA) is 81.4 Å². The van der Waals surface area contributed by atoms with Crippen LogP contribution < -0.4 is 10.5 Å². The van der Waals surface area contributed by atoms with E-state index in [1.807, 2.05) is 19.1 Å². The predicted octanol–water partition coefficient (Wildman–Crippen LogP) is 1.29. The van der Waals surface area contributed by atoms with Crippen LogP contribution in [0.5, 0.6) is 0 Å². The van der Waals surface area contributed by atoms with Gasteiger partial charge in [-0.15, -0.1) is 0 Å². The van der Waals surface area contributed by atoms with Crippen molar-refractivity contribution in [3.05, 3.63) is 29.8 Å². The van der Waals surface area contributed by atoms with Gasteiger partial charge in [0.25, 0.3) is 0 Å². The van der Waals surface area contributed by atoms with E-state index in [1.165, 1.54) is 0 Å². The highest BCUT2D eigenvalue weighted by molar-refractivity contribution is 7.89. The number of benzene rings is 1. The van der Waals surface area contributed by atoms with Gasteiger partial charge < -0.3 is 10.5 Å². The number of rotatable bonds is 7. The molecule has 0 heterocycles. The molecule has 102 valence electrons. The van der Waals surface area contributed by atoms with Gasteiger partial charge in [0.15, 0.2) is 0 Å². The van der Waals surface area contributed by atoms with Gasteiger partial charge in [0, 0.05) is 18.3 Å². The van der Waals surface area contributed by atoms with Crippen LogP contribution in [0.4, 0.5) is 5.69 Å². The summed E-state index contributed by atoms with van der Waals surface area (Å²) in [5, 5.41) is 0. The number of hydrogen-bond donors (Lipinski definition) is 2. The fraction of sp³-hybridized carbons (Fsp3) is 0.500. The van der Waals surface area contributed by atoms with Crippen molar-refractivity contribution >= 4 is 15.7 Å². The van der Waals surface area contributed by atoms with Crippen LogP contribution in [0.3, 0.4) is 0 Å². The minimum Gasteiger partial charge on any atom is -0.399 e. The first-order valence-corrected chi connectivity index (χ1v) is 7.53. The Morgan fingerprint density at radius 3 is 2.50 bits per heavy atom. The molecule has 0 spiro atoms. The molecule has 18 heavy (non-hydrogen) atoms. The number of nitrogen functional groups attached to an aromatic ring is 1. The minimum atomic E-state index is -3.32. The summed E-state index contributed by atoms with van der Waals surface area (Å²) in [7, 11) is -3.32. The lowest BCUT2D eigenvalue weighted by molar-refractivity contribution is 0.163. The summed E-state index contributed by atoms with van der Waals surface area (Å²) in [4.78, 5) is 0. The zero-order valence-electron chi connectivity index (χ0n) is 10.7. The third-order valence-electron chi connectivity index (χ3n) is 2.49. The van der Waals surface area contributed by atoms with Crippen molar-refractivity contribution in [3.63, 3.8) is 0 Å². The van der Waals surface area contributed by atoms with Gasteiger partial charge in [0.05, 0.1) is 12.4 Å². The van der Waals surface area contributed by atoms with Crippen LogP contribution >= 0.6 is 0 Å². The molecule has 1 atom stereocenters. The maximum atomic E-state index is 11.7. The number of nitrogens with one attached hydrogen (secondary N) is 1. The van der Waals surface area contributed by atoms with Crippen LogP contribution in [0.2, 0.25) is 0 Å². The predicted molar refractivity (Wildman–Crippen MR) is 72.7 cm³/mol. The average molecular weight is 272 g/mol. The van der Waals surface area contributed by atoms with Crippen molar-refractivity contribution in [1.82, 2.24) is 4.72 Å². The Hall–Kier alpha value is -1.11. The first-order chi connectivity index (χ1) is 8.44. The Bertz CT molecular complexity index is 457. The molecule has 0 bridgehead atoms. The highest BCUT2D eigenvalue weighted by Gasteiger charge is 2.15. The average Bonchev–Trinajstić information content (AvgIpc) is 2.29. The van der Waals surface area contributed by atoms with Gasteiger partial charge in [-0.3, -0.25) is 0 Å². The molecule has 3 N–H and O–H groups in total. The Morgan fingerprint density at radius 2 is 1.94 bits per heavy atom. The lowest BCUT2D eigenvalue weighted by Crippen LogP contribution is -2.30. The summed E-state index contributed by atoms with van der Waals surface area (Å²) < 4.78 is 31.1. The smallest absolute Gasteiger partial charge is 0.214 e. The molecule has 0 aliphatic rings. The van der Waals surface area contributed by atoms with E-state index in [0.717, 1.165) is 5.56 Å². The maximum absolute atomic E-state index is 11.7. The maximum Gasteiger partial charge on any atom is 0.214 e. The van der Waals surface area contributed by atoms with Gasteiger partial charge in [0.1, 0.15) is 0 Å². The zero-order valence-corrected chi connectivity index (χ0v) is 11.5. The van der Waals surface area contributed by atoms with Crippen molar-refractivity contribution in [3.8, 4) is 0 Å². The van der Waals surface area contributed by atoms with E-state index in [0.29, 0.717) is 12.3 Å². The molecule has 1 unspecified atom stereocenters. The number of hydrogen-bond acceptors (Lipinski definition) is 4. The standard InChI is InChI=1S/C12H20N2O3S/c1-3-17-8-9-18(15,16)14-10(2)11-4-6-12(13)7-5-11/h4-7,10,14H,3,8-9,13H2,1-2H3. The van der Waals surface area contributed by atoms with E-state index in [1.54, 1.807) is 19.1 Å². The van der Waals surface area contributed by atoms with Crippen LogP contribution in [0, 0.1) is 0 Å². The number of sulfonamides is 1. The van der Waals surface area contributed by atoms with E-state index in [4.69, 9.17) is 10.5 Å². The van der Waals surface area contributed by atoms with Crippen LogP contribution in [-0.2, 0) is 14.8 Å². The highest BCUT2D eigenvalue weighted by atomic mass is 32.2. The molecule has 0 aliphatic heterocycles. The second kappa shape index (κ2) is 6.72. The van der Waals surface area contributed by atoms with E-state index in [2.05, 4.69) is 4.72 Å². The first-order valence-electron chi connectivity index (χ1n) is 5.88. The zero-order chi connectivity index (χ0) is 13.6. The van der Waals surface area contributed by atoms with Crippen LogP contribution in [0.25, 0.3) is 0 Å². The quantitative estimate of drug-likeness (QED) is 0.579. The van der Waals surface area contributed by atoms with E-state index in [9.17, 15) is 8.42 Å².